The molecule has 0 spiro atoms. The number of ketones is 1. The first kappa shape index (κ1) is 14.6. The summed E-state index contributed by atoms with van der Waals surface area (Å²) in [5, 5.41) is 9.66. The SMILES string of the molecule is COc1ccccc1CC1(C#N)CCCC(C)(C)C1=O. The second kappa shape index (κ2) is 5.28. The number of rotatable bonds is 3. The van der Waals surface area contributed by atoms with Crippen LogP contribution in [-0.2, 0) is 11.2 Å². The van der Waals surface area contributed by atoms with Gasteiger partial charge < -0.3 is 4.74 Å². The van der Waals surface area contributed by atoms with Crippen molar-refractivity contribution in [3.8, 4) is 11.8 Å². The molecule has 1 aromatic rings. The Morgan fingerprint density at radius 3 is 2.65 bits per heavy atom. The molecule has 0 N–H and O–H groups in total. The molecule has 1 aliphatic carbocycles. The monoisotopic (exact) mass is 271 g/mol. The number of carbonyl (C=O) groups excluding carboxylic acids is 1. The van der Waals surface area contributed by atoms with Gasteiger partial charge in [-0.05, 0) is 24.5 Å². The lowest BCUT2D eigenvalue weighted by molar-refractivity contribution is -0.138. The van der Waals surface area contributed by atoms with Crippen molar-refractivity contribution >= 4 is 5.78 Å². The lowest BCUT2D eigenvalue weighted by atomic mass is 9.61. The minimum Gasteiger partial charge on any atom is -0.496 e. The summed E-state index contributed by atoms with van der Waals surface area (Å²) in [6.45, 7) is 3.89. The van der Waals surface area contributed by atoms with Gasteiger partial charge in [0, 0.05) is 11.8 Å². The van der Waals surface area contributed by atoms with Gasteiger partial charge in [-0.15, -0.1) is 0 Å². The maximum Gasteiger partial charge on any atom is 0.158 e. The predicted molar refractivity (Wildman–Crippen MR) is 77.4 cm³/mol. The number of Topliss-reactive ketones (excluding diaryl/α,β-unsaturated/α-hetero) is 1. The molecule has 2 rings (SSSR count). The number of methoxy groups -OCH3 is 1. The molecular weight excluding hydrogens is 250 g/mol. The highest BCUT2D eigenvalue weighted by Crippen LogP contribution is 2.45. The zero-order chi connectivity index (χ0) is 14.8. The smallest absolute Gasteiger partial charge is 0.158 e. The average molecular weight is 271 g/mol. The number of ether oxygens (including phenoxy) is 1. The Kier molecular flexibility index (Phi) is 3.85. The molecule has 1 fully saturated rings. The summed E-state index contributed by atoms with van der Waals surface area (Å²) < 4.78 is 5.34. The molecule has 0 bridgehead atoms. The van der Waals surface area contributed by atoms with Crippen molar-refractivity contribution in [1.29, 1.82) is 5.26 Å². The molecule has 0 aliphatic heterocycles. The first-order valence-electron chi connectivity index (χ1n) is 7.03. The van der Waals surface area contributed by atoms with Crippen molar-refractivity contribution in [3.63, 3.8) is 0 Å². The van der Waals surface area contributed by atoms with Gasteiger partial charge in [-0.3, -0.25) is 4.79 Å². The molecule has 0 radical (unpaired) electrons. The van der Waals surface area contributed by atoms with Crippen LogP contribution in [0.15, 0.2) is 24.3 Å². The Balaban J connectivity index is 2.38. The molecule has 1 unspecified atom stereocenters. The molecule has 0 amide bonds. The third kappa shape index (κ3) is 2.43. The average Bonchev–Trinajstić information content (AvgIpc) is 2.44. The van der Waals surface area contributed by atoms with Crippen LogP contribution < -0.4 is 4.74 Å². The van der Waals surface area contributed by atoms with E-state index >= 15 is 0 Å². The second-order valence-electron chi connectivity index (χ2n) is 6.25. The minimum absolute atomic E-state index is 0.0738. The summed E-state index contributed by atoms with van der Waals surface area (Å²) >= 11 is 0. The van der Waals surface area contributed by atoms with Gasteiger partial charge in [-0.25, -0.2) is 0 Å². The molecule has 1 aromatic carbocycles. The minimum atomic E-state index is -0.906. The van der Waals surface area contributed by atoms with Crippen molar-refractivity contribution in [3.05, 3.63) is 29.8 Å². The van der Waals surface area contributed by atoms with Gasteiger partial charge in [0.05, 0.1) is 13.2 Å². The van der Waals surface area contributed by atoms with Crippen LogP contribution in [0.4, 0.5) is 0 Å². The highest BCUT2D eigenvalue weighted by molar-refractivity contribution is 5.93. The van der Waals surface area contributed by atoms with E-state index in [0.29, 0.717) is 12.8 Å². The van der Waals surface area contributed by atoms with E-state index in [-0.39, 0.29) is 5.78 Å². The van der Waals surface area contributed by atoms with E-state index in [1.165, 1.54) is 0 Å². The Morgan fingerprint density at radius 2 is 2.00 bits per heavy atom. The second-order valence-corrected chi connectivity index (χ2v) is 6.25. The summed E-state index contributed by atoms with van der Waals surface area (Å²) in [6, 6.07) is 9.94. The number of benzene rings is 1. The number of nitriles is 1. The van der Waals surface area contributed by atoms with Crippen LogP contribution in [0, 0.1) is 22.2 Å². The van der Waals surface area contributed by atoms with Crippen molar-refractivity contribution in [2.45, 2.75) is 39.5 Å². The summed E-state index contributed by atoms with van der Waals surface area (Å²) in [5.41, 5.74) is -0.380. The fourth-order valence-corrected chi connectivity index (χ4v) is 3.20. The first-order valence-corrected chi connectivity index (χ1v) is 7.03. The molecule has 1 atom stereocenters. The fourth-order valence-electron chi connectivity index (χ4n) is 3.20. The summed E-state index contributed by atoms with van der Waals surface area (Å²) in [7, 11) is 1.62. The van der Waals surface area contributed by atoms with Crippen LogP contribution in [0.5, 0.6) is 5.75 Å². The van der Waals surface area contributed by atoms with E-state index in [1.54, 1.807) is 7.11 Å². The van der Waals surface area contributed by atoms with E-state index in [2.05, 4.69) is 6.07 Å². The van der Waals surface area contributed by atoms with Crippen LogP contribution >= 0.6 is 0 Å². The maximum atomic E-state index is 12.7. The van der Waals surface area contributed by atoms with Crippen molar-refractivity contribution in [2.75, 3.05) is 7.11 Å². The lowest BCUT2D eigenvalue weighted by Crippen LogP contribution is -2.45. The van der Waals surface area contributed by atoms with Gasteiger partial charge >= 0.3 is 0 Å². The largest absolute Gasteiger partial charge is 0.496 e. The van der Waals surface area contributed by atoms with Gasteiger partial charge in [-0.2, -0.15) is 5.26 Å². The van der Waals surface area contributed by atoms with Gasteiger partial charge in [0.15, 0.2) is 5.78 Å². The predicted octanol–water partition coefficient (Wildman–Crippen LogP) is 3.53. The third-order valence-electron chi connectivity index (χ3n) is 4.35. The molecule has 3 heteroatoms. The van der Waals surface area contributed by atoms with Gasteiger partial charge in [0.2, 0.25) is 0 Å². The normalized spacial score (nSPS) is 25.0. The fraction of sp³-hybridized carbons (Fsp3) is 0.529. The van der Waals surface area contributed by atoms with Crippen molar-refractivity contribution < 1.29 is 9.53 Å². The zero-order valence-electron chi connectivity index (χ0n) is 12.4. The number of carbonyl (C=O) groups is 1. The van der Waals surface area contributed by atoms with Crippen molar-refractivity contribution in [2.24, 2.45) is 10.8 Å². The topological polar surface area (TPSA) is 50.1 Å². The van der Waals surface area contributed by atoms with Crippen LogP contribution in [0.2, 0.25) is 0 Å². The van der Waals surface area contributed by atoms with Crippen molar-refractivity contribution in [1.82, 2.24) is 0 Å². The van der Waals surface area contributed by atoms with Gasteiger partial charge in [0.25, 0.3) is 0 Å². The summed E-state index contributed by atoms with van der Waals surface area (Å²) in [5.74, 6) is 0.822. The number of para-hydroxylation sites is 1. The quantitative estimate of drug-likeness (QED) is 0.845. The van der Waals surface area contributed by atoms with E-state index < -0.39 is 10.8 Å². The Bertz CT molecular complexity index is 556. The summed E-state index contributed by atoms with van der Waals surface area (Å²) in [4.78, 5) is 12.7. The van der Waals surface area contributed by atoms with Gasteiger partial charge in [0.1, 0.15) is 11.2 Å². The highest BCUT2D eigenvalue weighted by atomic mass is 16.5. The molecule has 20 heavy (non-hydrogen) atoms. The molecule has 0 aromatic heterocycles. The Hall–Kier alpha value is -1.82. The first-order chi connectivity index (χ1) is 9.45. The molecule has 1 aliphatic rings. The van der Waals surface area contributed by atoms with Crippen LogP contribution in [0.1, 0.15) is 38.7 Å². The molecule has 0 heterocycles. The number of nitrogens with zero attached hydrogens (tertiary/aromatic N) is 1. The lowest BCUT2D eigenvalue weighted by Gasteiger charge is -2.39. The van der Waals surface area contributed by atoms with E-state index in [1.807, 2.05) is 38.1 Å². The highest BCUT2D eigenvalue weighted by Gasteiger charge is 2.49. The molecule has 0 saturated heterocycles. The Labute approximate surface area is 120 Å². The van der Waals surface area contributed by atoms with Crippen LogP contribution in [0.3, 0.4) is 0 Å². The Morgan fingerprint density at radius 1 is 1.30 bits per heavy atom. The van der Waals surface area contributed by atoms with E-state index in [9.17, 15) is 10.1 Å². The molecule has 1 saturated carbocycles. The number of hydrogen-bond donors (Lipinski definition) is 0. The summed E-state index contributed by atoms with van der Waals surface area (Å²) in [6.07, 6.45) is 2.86. The molecule has 106 valence electrons. The van der Waals surface area contributed by atoms with Gasteiger partial charge in [-0.1, -0.05) is 38.5 Å². The van der Waals surface area contributed by atoms with E-state index in [0.717, 1.165) is 24.2 Å². The number of hydrogen-bond acceptors (Lipinski definition) is 3. The van der Waals surface area contributed by atoms with E-state index in [4.69, 9.17) is 4.74 Å². The zero-order valence-corrected chi connectivity index (χ0v) is 12.4. The third-order valence-corrected chi connectivity index (χ3v) is 4.35. The standard InChI is InChI=1S/C17H21NO2/c1-16(2)9-6-10-17(12-18,15(16)19)11-13-7-4-5-8-14(13)20-3/h4-5,7-8H,6,9-11H2,1-3H3. The maximum absolute atomic E-state index is 12.7. The van der Waals surface area contributed by atoms with Crippen LogP contribution in [0.25, 0.3) is 0 Å². The molecule has 3 nitrogen and oxygen atoms in total. The molecular formula is C17H21NO2. The van der Waals surface area contributed by atoms with Crippen LogP contribution in [-0.4, -0.2) is 12.9 Å².